The minimum absolute atomic E-state index is 0.272. The quantitative estimate of drug-likeness (QED) is 0.814. The van der Waals surface area contributed by atoms with Crippen molar-refractivity contribution in [3.63, 3.8) is 0 Å². The molecule has 16 heavy (non-hydrogen) atoms. The Bertz CT molecular complexity index is 491. The van der Waals surface area contributed by atoms with Gasteiger partial charge in [0, 0.05) is 30.8 Å². The lowest BCUT2D eigenvalue weighted by Crippen LogP contribution is -2.04. The zero-order valence-corrected chi connectivity index (χ0v) is 9.22. The van der Waals surface area contributed by atoms with Gasteiger partial charge < -0.3 is 10.8 Å². The zero-order valence-electron chi connectivity index (χ0n) is 9.22. The van der Waals surface area contributed by atoms with E-state index in [1.807, 2.05) is 25.4 Å². The van der Waals surface area contributed by atoms with E-state index in [1.54, 1.807) is 16.8 Å². The first-order chi connectivity index (χ1) is 7.72. The maximum absolute atomic E-state index is 9.80. The van der Waals surface area contributed by atoms with Gasteiger partial charge in [-0.05, 0) is 12.6 Å². The molecule has 0 bridgehead atoms. The molecule has 1 aromatic heterocycles. The molecule has 0 spiro atoms. The van der Waals surface area contributed by atoms with Crippen molar-refractivity contribution in [2.24, 2.45) is 12.8 Å². The Labute approximate surface area is 94.3 Å². The van der Waals surface area contributed by atoms with Crippen LogP contribution in [0.25, 0.3) is 11.1 Å². The van der Waals surface area contributed by atoms with Crippen LogP contribution in [-0.2, 0) is 13.5 Å². The van der Waals surface area contributed by atoms with Gasteiger partial charge in [-0.1, -0.05) is 18.2 Å². The van der Waals surface area contributed by atoms with Gasteiger partial charge in [0.1, 0.15) is 5.75 Å². The molecule has 0 atom stereocenters. The van der Waals surface area contributed by atoms with Crippen LogP contribution < -0.4 is 5.73 Å². The molecule has 0 saturated carbocycles. The van der Waals surface area contributed by atoms with Crippen molar-refractivity contribution in [1.82, 2.24) is 9.78 Å². The molecule has 0 fully saturated rings. The van der Waals surface area contributed by atoms with Gasteiger partial charge >= 0.3 is 0 Å². The van der Waals surface area contributed by atoms with Crippen molar-refractivity contribution in [3.05, 3.63) is 36.2 Å². The minimum atomic E-state index is 0.272. The van der Waals surface area contributed by atoms with Crippen LogP contribution in [0, 0.1) is 0 Å². The highest BCUT2D eigenvalue weighted by molar-refractivity contribution is 5.71. The van der Waals surface area contributed by atoms with Gasteiger partial charge in [-0.2, -0.15) is 5.10 Å². The molecule has 0 aliphatic rings. The van der Waals surface area contributed by atoms with Crippen LogP contribution in [0.4, 0.5) is 0 Å². The Morgan fingerprint density at radius 2 is 2.06 bits per heavy atom. The smallest absolute Gasteiger partial charge is 0.123 e. The molecule has 0 amide bonds. The van der Waals surface area contributed by atoms with Crippen molar-refractivity contribution in [2.45, 2.75) is 6.42 Å². The number of nitrogens with two attached hydrogens (primary N) is 1. The number of phenolic OH excluding ortho intramolecular Hbond substituents is 1. The average molecular weight is 217 g/mol. The topological polar surface area (TPSA) is 64.1 Å². The fourth-order valence-electron chi connectivity index (χ4n) is 1.78. The number of rotatable bonds is 3. The summed E-state index contributed by atoms with van der Waals surface area (Å²) in [6.07, 6.45) is 2.62. The van der Waals surface area contributed by atoms with Gasteiger partial charge in [-0.15, -0.1) is 0 Å². The predicted octanol–water partition coefficient (Wildman–Crippen LogP) is 1.29. The summed E-state index contributed by atoms with van der Waals surface area (Å²) in [5.74, 6) is 0.272. The van der Waals surface area contributed by atoms with Crippen LogP contribution in [0.2, 0.25) is 0 Å². The highest BCUT2D eigenvalue weighted by atomic mass is 16.3. The van der Waals surface area contributed by atoms with Gasteiger partial charge in [0.2, 0.25) is 0 Å². The Morgan fingerprint density at radius 3 is 2.75 bits per heavy atom. The lowest BCUT2D eigenvalue weighted by molar-refractivity contribution is 0.477. The van der Waals surface area contributed by atoms with Crippen LogP contribution in [0.15, 0.2) is 30.5 Å². The van der Waals surface area contributed by atoms with E-state index in [4.69, 9.17) is 5.73 Å². The second-order valence-electron chi connectivity index (χ2n) is 3.72. The summed E-state index contributed by atoms with van der Waals surface area (Å²) < 4.78 is 1.74. The summed E-state index contributed by atoms with van der Waals surface area (Å²) in [6.45, 7) is 0.553. The van der Waals surface area contributed by atoms with Gasteiger partial charge in [-0.25, -0.2) is 0 Å². The molecule has 0 aliphatic carbocycles. The number of phenols is 1. The van der Waals surface area contributed by atoms with Crippen molar-refractivity contribution in [3.8, 4) is 16.9 Å². The number of aryl methyl sites for hydroxylation is 1. The molecule has 2 rings (SSSR count). The van der Waals surface area contributed by atoms with E-state index < -0.39 is 0 Å². The fraction of sp³-hybridized carbons (Fsp3) is 0.250. The summed E-state index contributed by atoms with van der Waals surface area (Å²) in [5, 5.41) is 14.1. The summed E-state index contributed by atoms with van der Waals surface area (Å²) in [7, 11) is 1.86. The number of hydrogen-bond acceptors (Lipinski definition) is 3. The number of aromatic nitrogens is 2. The first kappa shape index (κ1) is 10.7. The van der Waals surface area contributed by atoms with E-state index in [0.717, 1.165) is 16.8 Å². The van der Waals surface area contributed by atoms with Gasteiger partial charge in [0.25, 0.3) is 0 Å². The molecule has 0 unspecified atom stereocenters. The molecule has 0 saturated heterocycles. The van der Waals surface area contributed by atoms with E-state index in [0.29, 0.717) is 13.0 Å². The van der Waals surface area contributed by atoms with E-state index in [9.17, 15) is 5.11 Å². The molecule has 1 heterocycles. The van der Waals surface area contributed by atoms with Crippen molar-refractivity contribution < 1.29 is 5.11 Å². The molecule has 2 aromatic rings. The molecular formula is C12H15N3O. The summed E-state index contributed by atoms with van der Waals surface area (Å²) in [5.41, 5.74) is 8.22. The molecule has 0 radical (unpaired) electrons. The second kappa shape index (κ2) is 4.37. The molecule has 0 aliphatic heterocycles. The third-order valence-electron chi connectivity index (χ3n) is 2.48. The summed E-state index contributed by atoms with van der Waals surface area (Å²) in [4.78, 5) is 0. The first-order valence-corrected chi connectivity index (χ1v) is 5.23. The Balaban J connectivity index is 2.51. The predicted molar refractivity (Wildman–Crippen MR) is 63.1 cm³/mol. The second-order valence-corrected chi connectivity index (χ2v) is 3.72. The molecular weight excluding hydrogens is 202 g/mol. The largest absolute Gasteiger partial charge is 0.507 e. The Hall–Kier alpha value is -1.81. The van der Waals surface area contributed by atoms with Crippen molar-refractivity contribution in [2.75, 3.05) is 6.54 Å². The maximum atomic E-state index is 9.80. The molecule has 4 heteroatoms. The minimum Gasteiger partial charge on any atom is -0.507 e. The summed E-state index contributed by atoms with van der Waals surface area (Å²) >= 11 is 0. The molecule has 4 nitrogen and oxygen atoms in total. The van der Waals surface area contributed by atoms with Crippen LogP contribution >= 0.6 is 0 Å². The molecule has 1 aromatic carbocycles. The SMILES string of the molecule is Cn1cc(-c2ccccc2O)c(CCN)n1. The van der Waals surface area contributed by atoms with E-state index in [1.165, 1.54) is 0 Å². The third kappa shape index (κ3) is 1.92. The fourth-order valence-corrected chi connectivity index (χ4v) is 1.78. The third-order valence-corrected chi connectivity index (χ3v) is 2.48. The lowest BCUT2D eigenvalue weighted by Gasteiger charge is -2.03. The van der Waals surface area contributed by atoms with Gasteiger partial charge in [-0.3, -0.25) is 4.68 Å². The van der Waals surface area contributed by atoms with Crippen molar-refractivity contribution >= 4 is 0 Å². The number of hydrogen-bond donors (Lipinski definition) is 2. The van der Waals surface area contributed by atoms with Gasteiger partial charge in [0.15, 0.2) is 0 Å². The van der Waals surface area contributed by atoms with E-state index in [-0.39, 0.29) is 5.75 Å². The maximum Gasteiger partial charge on any atom is 0.123 e. The van der Waals surface area contributed by atoms with Crippen LogP contribution in [0.5, 0.6) is 5.75 Å². The van der Waals surface area contributed by atoms with Crippen LogP contribution in [0.3, 0.4) is 0 Å². The normalized spacial score (nSPS) is 10.6. The monoisotopic (exact) mass is 217 g/mol. The zero-order chi connectivity index (χ0) is 11.5. The van der Waals surface area contributed by atoms with E-state index in [2.05, 4.69) is 5.10 Å². The number of aromatic hydroxyl groups is 1. The molecule has 84 valence electrons. The number of nitrogens with zero attached hydrogens (tertiary/aromatic N) is 2. The Kier molecular flexibility index (Phi) is 2.92. The summed E-state index contributed by atoms with van der Waals surface area (Å²) in [6, 6.07) is 7.26. The van der Waals surface area contributed by atoms with E-state index >= 15 is 0 Å². The van der Waals surface area contributed by atoms with Crippen LogP contribution in [0.1, 0.15) is 5.69 Å². The molecule has 3 N–H and O–H groups in total. The van der Waals surface area contributed by atoms with Crippen LogP contribution in [-0.4, -0.2) is 21.4 Å². The highest BCUT2D eigenvalue weighted by Gasteiger charge is 2.11. The van der Waals surface area contributed by atoms with Crippen molar-refractivity contribution in [1.29, 1.82) is 0 Å². The first-order valence-electron chi connectivity index (χ1n) is 5.23. The Morgan fingerprint density at radius 1 is 1.31 bits per heavy atom. The standard InChI is InChI=1S/C12H15N3O/c1-15-8-10(11(14-15)6-7-13)9-4-2-3-5-12(9)16/h2-5,8,16H,6-7,13H2,1H3. The average Bonchev–Trinajstić information content (AvgIpc) is 2.61. The highest BCUT2D eigenvalue weighted by Crippen LogP contribution is 2.30. The number of benzene rings is 1. The van der Waals surface area contributed by atoms with Gasteiger partial charge in [0.05, 0.1) is 5.69 Å². The lowest BCUT2D eigenvalue weighted by atomic mass is 10.0. The number of para-hydroxylation sites is 1.